The van der Waals surface area contributed by atoms with Gasteiger partial charge >= 0.3 is 0 Å². The third-order valence-corrected chi connectivity index (χ3v) is 4.78. The number of hydrogen-bond donors (Lipinski definition) is 2. The minimum absolute atomic E-state index is 0.482. The Kier molecular flexibility index (Phi) is 4.50. The van der Waals surface area contributed by atoms with Crippen LogP contribution >= 0.6 is 11.3 Å². The Morgan fingerprint density at radius 2 is 2.25 bits per heavy atom. The van der Waals surface area contributed by atoms with E-state index >= 15 is 0 Å². The highest BCUT2D eigenvalue weighted by Gasteiger charge is 2.24. The van der Waals surface area contributed by atoms with Crippen LogP contribution in [0, 0.1) is 0 Å². The molecule has 2 N–H and O–H groups in total. The first-order chi connectivity index (χ1) is 9.88. The van der Waals surface area contributed by atoms with Crippen molar-refractivity contribution in [2.24, 2.45) is 0 Å². The Hall–Kier alpha value is -1.17. The number of nitrogens with zero attached hydrogens (tertiary/aromatic N) is 2. The standard InChI is InChI=1S/C15H22N4S/c1-2-4-14(19-9-7-16-8-10-19)15-18-13(11-20-15)12-5-3-6-17-12/h3,5-6,11,14,16-17H,2,4,7-10H2,1H3. The fourth-order valence-electron chi connectivity index (χ4n) is 2.78. The highest BCUT2D eigenvalue weighted by Crippen LogP contribution is 2.31. The van der Waals surface area contributed by atoms with Crippen LogP contribution in [0.5, 0.6) is 0 Å². The Morgan fingerprint density at radius 1 is 1.40 bits per heavy atom. The fourth-order valence-corrected chi connectivity index (χ4v) is 3.77. The van der Waals surface area contributed by atoms with E-state index in [0.717, 1.165) is 37.6 Å². The lowest BCUT2D eigenvalue weighted by atomic mass is 10.1. The van der Waals surface area contributed by atoms with Gasteiger partial charge in [-0.3, -0.25) is 4.90 Å². The third kappa shape index (κ3) is 2.95. The lowest BCUT2D eigenvalue weighted by molar-refractivity contribution is 0.164. The number of aromatic amines is 1. The van der Waals surface area contributed by atoms with Crippen molar-refractivity contribution in [1.82, 2.24) is 20.2 Å². The van der Waals surface area contributed by atoms with Gasteiger partial charge in [-0.05, 0) is 18.6 Å². The Balaban J connectivity index is 1.80. The molecule has 3 heterocycles. The Bertz CT molecular complexity index is 514. The van der Waals surface area contributed by atoms with Gasteiger partial charge in [-0.1, -0.05) is 13.3 Å². The van der Waals surface area contributed by atoms with Crippen LogP contribution in [0.15, 0.2) is 23.7 Å². The second-order valence-corrected chi connectivity index (χ2v) is 6.13. The molecule has 108 valence electrons. The molecule has 0 aromatic carbocycles. The molecule has 0 bridgehead atoms. The van der Waals surface area contributed by atoms with E-state index in [1.807, 2.05) is 12.3 Å². The van der Waals surface area contributed by atoms with Crippen LogP contribution < -0.4 is 5.32 Å². The van der Waals surface area contributed by atoms with Crippen molar-refractivity contribution in [1.29, 1.82) is 0 Å². The van der Waals surface area contributed by atoms with E-state index in [2.05, 4.69) is 33.6 Å². The van der Waals surface area contributed by atoms with E-state index in [-0.39, 0.29) is 0 Å². The summed E-state index contributed by atoms with van der Waals surface area (Å²) in [4.78, 5) is 10.7. The first-order valence-corrected chi connectivity index (χ1v) is 8.30. The van der Waals surface area contributed by atoms with Gasteiger partial charge in [0.1, 0.15) is 5.01 Å². The molecule has 5 heteroatoms. The Labute approximate surface area is 124 Å². The summed E-state index contributed by atoms with van der Waals surface area (Å²) in [6.45, 7) is 6.70. The van der Waals surface area contributed by atoms with Crippen molar-refractivity contribution >= 4 is 11.3 Å². The molecule has 0 aliphatic carbocycles. The largest absolute Gasteiger partial charge is 0.360 e. The normalized spacial score (nSPS) is 18.2. The van der Waals surface area contributed by atoms with Gasteiger partial charge in [0.15, 0.2) is 0 Å². The van der Waals surface area contributed by atoms with Crippen molar-refractivity contribution in [3.05, 3.63) is 28.7 Å². The maximum Gasteiger partial charge on any atom is 0.111 e. The summed E-state index contributed by atoms with van der Waals surface area (Å²) in [5.74, 6) is 0. The molecule has 3 rings (SSSR count). The van der Waals surface area contributed by atoms with Crippen LogP contribution in [0.4, 0.5) is 0 Å². The minimum Gasteiger partial charge on any atom is -0.360 e. The van der Waals surface area contributed by atoms with Crippen LogP contribution in [-0.4, -0.2) is 41.0 Å². The summed E-state index contributed by atoms with van der Waals surface area (Å²) in [5.41, 5.74) is 2.19. The quantitative estimate of drug-likeness (QED) is 0.890. The summed E-state index contributed by atoms with van der Waals surface area (Å²) in [7, 11) is 0. The molecular formula is C15H22N4S. The zero-order chi connectivity index (χ0) is 13.8. The SMILES string of the molecule is CCCC(c1nc(-c2ccc[nH]2)cs1)N1CCNCC1. The number of H-pyrrole nitrogens is 1. The maximum absolute atomic E-state index is 4.87. The van der Waals surface area contributed by atoms with Crippen molar-refractivity contribution in [2.75, 3.05) is 26.2 Å². The molecule has 4 nitrogen and oxygen atoms in total. The van der Waals surface area contributed by atoms with Gasteiger partial charge in [-0.15, -0.1) is 11.3 Å². The first kappa shape index (κ1) is 13.8. The molecule has 0 amide bonds. The van der Waals surface area contributed by atoms with Crippen LogP contribution in [0.3, 0.4) is 0 Å². The molecule has 1 atom stereocenters. The third-order valence-electron chi connectivity index (χ3n) is 3.84. The molecule has 0 saturated carbocycles. The molecule has 1 aliphatic heterocycles. The minimum atomic E-state index is 0.482. The van der Waals surface area contributed by atoms with Gasteiger partial charge in [0.25, 0.3) is 0 Å². The van der Waals surface area contributed by atoms with Crippen molar-refractivity contribution in [2.45, 2.75) is 25.8 Å². The first-order valence-electron chi connectivity index (χ1n) is 7.42. The molecule has 1 unspecified atom stereocenters. The average molecular weight is 290 g/mol. The summed E-state index contributed by atoms with van der Waals surface area (Å²) in [6.07, 6.45) is 4.35. The van der Waals surface area contributed by atoms with E-state index < -0.39 is 0 Å². The lowest BCUT2D eigenvalue weighted by Crippen LogP contribution is -2.45. The highest BCUT2D eigenvalue weighted by molar-refractivity contribution is 7.10. The highest BCUT2D eigenvalue weighted by atomic mass is 32.1. The molecule has 1 fully saturated rings. The van der Waals surface area contributed by atoms with Crippen molar-refractivity contribution in [3.8, 4) is 11.4 Å². The summed E-state index contributed by atoms with van der Waals surface area (Å²) in [5, 5.41) is 6.86. The summed E-state index contributed by atoms with van der Waals surface area (Å²) in [6, 6.07) is 4.59. The van der Waals surface area contributed by atoms with Crippen LogP contribution in [0.2, 0.25) is 0 Å². The molecule has 2 aromatic heterocycles. The Morgan fingerprint density at radius 3 is 2.95 bits per heavy atom. The number of piperazine rings is 1. The molecule has 1 aliphatic rings. The number of aromatic nitrogens is 2. The fraction of sp³-hybridized carbons (Fsp3) is 0.533. The van der Waals surface area contributed by atoms with Crippen LogP contribution in [0.1, 0.15) is 30.8 Å². The van der Waals surface area contributed by atoms with Crippen LogP contribution in [-0.2, 0) is 0 Å². The number of nitrogens with one attached hydrogen (secondary N) is 2. The summed E-state index contributed by atoms with van der Waals surface area (Å²) < 4.78 is 0. The summed E-state index contributed by atoms with van der Waals surface area (Å²) >= 11 is 1.80. The predicted octanol–water partition coefficient (Wildman–Crippen LogP) is 2.88. The number of hydrogen-bond acceptors (Lipinski definition) is 4. The van der Waals surface area contributed by atoms with Crippen molar-refractivity contribution < 1.29 is 0 Å². The van der Waals surface area contributed by atoms with Gasteiger partial charge in [0.2, 0.25) is 0 Å². The maximum atomic E-state index is 4.87. The number of rotatable bonds is 5. The average Bonchev–Trinajstić information content (AvgIpc) is 3.16. The van der Waals surface area contributed by atoms with Gasteiger partial charge in [-0.25, -0.2) is 4.98 Å². The van der Waals surface area contributed by atoms with E-state index in [9.17, 15) is 0 Å². The van der Waals surface area contributed by atoms with Crippen molar-refractivity contribution in [3.63, 3.8) is 0 Å². The zero-order valence-electron chi connectivity index (χ0n) is 11.9. The topological polar surface area (TPSA) is 44.0 Å². The molecule has 0 spiro atoms. The van der Waals surface area contributed by atoms with Gasteiger partial charge in [0.05, 0.1) is 17.4 Å². The second kappa shape index (κ2) is 6.52. The van der Waals surface area contributed by atoms with Gasteiger partial charge in [0, 0.05) is 37.8 Å². The molecule has 1 saturated heterocycles. The molecule has 20 heavy (non-hydrogen) atoms. The predicted molar refractivity (Wildman–Crippen MR) is 84.0 cm³/mol. The van der Waals surface area contributed by atoms with Gasteiger partial charge < -0.3 is 10.3 Å². The zero-order valence-corrected chi connectivity index (χ0v) is 12.7. The molecule has 0 radical (unpaired) electrons. The van der Waals surface area contributed by atoms with Gasteiger partial charge in [-0.2, -0.15) is 0 Å². The monoisotopic (exact) mass is 290 g/mol. The second-order valence-electron chi connectivity index (χ2n) is 5.25. The van der Waals surface area contributed by atoms with E-state index in [4.69, 9.17) is 4.98 Å². The molecular weight excluding hydrogens is 268 g/mol. The van der Waals surface area contributed by atoms with E-state index in [1.165, 1.54) is 17.8 Å². The molecule has 2 aromatic rings. The lowest BCUT2D eigenvalue weighted by Gasteiger charge is -2.33. The smallest absolute Gasteiger partial charge is 0.111 e. The van der Waals surface area contributed by atoms with E-state index in [0.29, 0.717) is 6.04 Å². The van der Waals surface area contributed by atoms with Crippen LogP contribution in [0.25, 0.3) is 11.4 Å². The number of thiazole rings is 1. The van der Waals surface area contributed by atoms with E-state index in [1.54, 1.807) is 11.3 Å².